The molecule has 5 nitrogen and oxygen atoms in total. The highest BCUT2D eigenvalue weighted by molar-refractivity contribution is 7.21. The topological polar surface area (TPSA) is 71.3 Å². The van der Waals surface area contributed by atoms with E-state index in [0.29, 0.717) is 16.1 Å². The normalized spacial score (nSPS) is 10.2. The maximum Gasteiger partial charge on any atom is 0.350 e. The smallest absolute Gasteiger partial charge is 0.350 e. The SMILES string of the molecule is COC(=O)c1sc2cc(OC)ccc2c1Nc1ccc(C#N)cc1. The Morgan fingerprint density at radius 2 is 1.92 bits per heavy atom. The van der Waals surface area contributed by atoms with Crippen molar-refractivity contribution in [2.24, 2.45) is 0 Å². The van der Waals surface area contributed by atoms with Crippen molar-refractivity contribution in [2.75, 3.05) is 19.5 Å². The molecule has 24 heavy (non-hydrogen) atoms. The Bertz CT molecular complexity index is 939. The molecule has 0 bridgehead atoms. The Balaban J connectivity index is 2.09. The molecular weight excluding hydrogens is 324 g/mol. The first-order chi connectivity index (χ1) is 11.7. The van der Waals surface area contributed by atoms with Crippen LogP contribution in [-0.4, -0.2) is 20.2 Å². The van der Waals surface area contributed by atoms with E-state index in [1.165, 1.54) is 18.4 Å². The summed E-state index contributed by atoms with van der Waals surface area (Å²) in [5.74, 6) is 0.330. The summed E-state index contributed by atoms with van der Waals surface area (Å²) in [5, 5.41) is 13.0. The predicted molar refractivity (Wildman–Crippen MR) is 94.2 cm³/mol. The molecule has 0 saturated carbocycles. The molecule has 2 aromatic carbocycles. The van der Waals surface area contributed by atoms with Crippen molar-refractivity contribution in [1.29, 1.82) is 5.26 Å². The van der Waals surface area contributed by atoms with Crippen LogP contribution in [0.15, 0.2) is 42.5 Å². The Morgan fingerprint density at radius 1 is 1.17 bits per heavy atom. The fourth-order valence-corrected chi connectivity index (χ4v) is 3.44. The second kappa shape index (κ2) is 6.60. The number of hydrogen-bond acceptors (Lipinski definition) is 6. The first-order valence-corrected chi connectivity index (χ1v) is 7.94. The van der Waals surface area contributed by atoms with E-state index in [1.54, 1.807) is 31.4 Å². The molecule has 120 valence electrons. The van der Waals surface area contributed by atoms with Gasteiger partial charge in [0.25, 0.3) is 0 Å². The van der Waals surface area contributed by atoms with Crippen LogP contribution in [0.5, 0.6) is 5.75 Å². The monoisotopic (exact) mass is 338 g/mol. The number of ether oxygens (including phenoxy) is 2. The molecule has 3 aromatic rings. The van der Waals surface area contributed by atoms with Gasteiger partial charge < -0.3 is 14.8 Å². The van der Waals surface area contributed by atoms with E-state index in [1.807, 2.05) is 18.2 Å². The number of benzene rings is 2. The number of nitriles is 1. The minimum atomic E-state index is -0.397. The standard InChI is InChI=1S/C18H14N2O3S/c1-22-13-7-8-14-15(9-13)24-17(18(21)23-2)16(14)20-12-5-3-11(10-19)4-6-12/h3-9,20H,1-2H3. The highest BCUT2D eigenvalue weighted by Crippen LogP contribution is 2.39. The molecule has 1 aromatic heterocycles. The number of esters is 1. The number of rotatable bonds is 4. The van der Waals surface area contributed by atoms with Gasteiger partial charge in [0.1, 0.15) is 10.6 Å². The van der Waals surface area contributed by atoms with Crippen LogP contribution in [0.4, 0.5) is 11.4 Å². The van der Waals surface area contributed by atoms with E-state index in [2.05, 4.69) is 11.4 Å². The van der Waals surface area contributed by atoms with Crippen LogP contribution < -0.4 is 10.1 Å². The summed E-state index contributed by atoms with van der Waals surface area (Å²) < 4.78 is 11.1. The number of nitrogens with one attached hydrogen (secondary N) is 1. The second-order valence-corrected chi connectivity index (χ2v) is 6.03. The van der Waals surface area contributed by atoms with Gasteiger partial charge in [-0.2, -0.15) is 5.26 Å². The number of carbonyl (C=O) groups excluding carboxylic acids is 1. The molecule has 0 fully saturated rings. The van der Waals surface area contributed by atoms with Crippen LogP contribution in [0.2, 0.25) is 0 Å². The predicted octanol–water partition coefficient (Wildman–Crippen LogP) is 4.31. The van der Waals surface area contributed by atoms with Crippen LogP contribution in [-0.2, 0) is 4.74 Å². The quantitative estimate of drug-likeness (QED) is 0.718. The molecule has 0 amide bonds. The van der Waals surface area contributed by atoms with Gasteiger partial charge >= 0.3 is 5.97 Å². The van der Waals surface area contributed by atoms with Gasteiger partial charge in [-0.25, -0.2) is 4.79 Å². The van der Waals surface area contributed by atoms with E-state index in [0.717, 1.165) is 21.5 Å². The van der Waals surface area contributed by atoms with E-state index in [-0.39, 0.29) is 0 Å². The van der Waals surface area contributed by atoms with Crippen molar-refractivity contribution in [3.05, 3.63) is 52.9 Å². The minimum Gasteiger partial charge on any atom is -0.497 e. The lowest BCUT2D eigenvalue weighted by molar-refractivity contribution is 0.0607. The Kier molecular flexibility index (Phi) is 4.36. The second-order valence-electron chi connectivity index (χ2n) is 4.97. The van der Waals surface area contributed by atoms with Crippen LogP contribution in [0.3, 0.4) is 0 Å². The molecule has 0 saturated heterocycles. The molecule has 0 spiro atoms. The Hall–Kier alpha value is -3.04. The van der Waals surface area contributed by atoms with Gasteiger partial charge in [-0.15, -0.1) is 11.3 Å². The zero-order chi connectivity index (χ0) is 17.1. The van der Waals surface area contributed by atoms with Crippen molar-refractivity contribution in [1.82, 2.24) is 0 Å². The summed E-state index contributed by atoms with van der Waals surface area (Å²) in [6.07, 6.45) is 0. The van der Waals surface area contributed by atoms with Crippen LogP contribution in [0.25, 0.3) is 10.1 Å². The number of carbonyl (C=O) groups is 1. The van der Waals surface area contributed by atoms with E-state index in [4.69, 9.17) is 14.7 Å². The fourth-order valence-electron chi connectivity index (χ4n) is 2.34. The summed E-state index contributed by atoms with van der Waals surface area (Å²) in [5.41, 5.74) is 2.05. The van der Waals surface area contributed by atoms with Gasteiger partial charge in [0.05, 0.1) is 31.5 Å². The number of fused-ring (bicyclic) bond motifs is 1. The third-order valence-corrected chi connectivity index (χ3v) is 4.68. The fraction of sp³-hybridized carbons (Fsp3) is 0.111. The molecular formula is C18H14N2O3S. The summed E-state index contributed by atoms with van der Waals surface area (Å²) in [7, 11) is 2.96. The number of anilines is 2. The molecule has 1 heterocycles. The molecule has 0 aliphatic heterocycles. The maximum atomic E-state index is 12.1. The van der Waals surface area contributed by atoms with E-state index < -0.39 is 5.97 Å². The van der Waals surface area contributed by atoms with Gasteiger partial charge in [0.15, 0.2) is 0 Å². The molecule has 3 rings (SSSR count). The Labute approximate surface area is 143 Å². The number of thiophene rings is 1. The zero-order valence-electron chi connectivity index (χ0n) is 13.1. The average molecular weight is 338 g/mol. The van der Waals surface area contributed by atoms with Gasteiger partial charge in [-0.3, -0.25) is 0 Å². The molecule has 0 unspecified atom stereocenters. The van der Waals surface area contributed by atoms with Crippen LogP contribution in [0.1, 0.15) is 15.2 Å². The van der Waals surface area contributed by atoms with Crippen molar-refractivity contribution in [3.8, 4) is 11.8 Å². The first-order valence-electron chi connectivity index (χ1n) is 7.12. The Morgan fingerprint density at radius 3 is 2.54 bits per heavy atom. The molecule has 6 heteroatoms. The largest absolute Gasteiger partial charge is 0.497 e. The van der Waals surface area contributed by atoms with Gasteiger partial charge in [-0.1, -0.05) is 0 Å². The van der Waals surface area contributed by atoms with Gasteiger partial charge in [-0.05, 0) is 42.5 Å². The molecule has 0 radical (unpaired) electrons. The van der Waals surface area contributed by atoms with Crippen LogP contribution >= 0.6 is 11.3 Å². The van der Waals surface area contributed by atoms with Crippen molar-refractivity contribution in [2.45, 2.75) is 0 Å². The van der Waals surface area contributed by atoms with Crippen molar-refractivity contribution < 1.29 is 14.3 Å². The van der Waals surface area contributed by atoms with Crippen molar-refractivity contribution in [3.63, 3.8) is 0 Å². The molecule has 0 aliphatic rings. The van der Waals surface area contributed by atoms with Crippen molar-refractivity contribution >= 4 is 38.8 Å². The number of hydrogen-bond donors (Lipinski definition) is 1. The minimum absolute atomic E-state index is 0.397. The lowest BCUT2D eigenvalue weighted by atomic mass is 10.2. The van der Waals surface area contributed by atoms with Crippen LogP contribution in [0, 0.1) is 11.3 Å². The average Bonchev–Trinajstić information content (AvgIpc) is 2.99. The zero-order valence-corrected chi connectivity index (χ0v) is 13.9. The maximum absolute atomic E-state index is 12.1. The summed E-state index contributed by atoms with van der Waals surface area (Å²) >= 11 is 1.34. The lowest BCUT2D eigenvalue weighted by Crippen LogP contribution is -2.02. The summed E-state index contributed by atoms with van der Waals surface area (Å²) in [6, 6.07) is 14.8. The molecule has 0 aliphatic carbocycles. The molecule has 1 N–H and O–H groups in total. The number of nitrogens with zero attached hydrogens (tertiary/aromatic N) is 1. The highest BCUT2D eigenvalue weighted by Gasteiger charge is 2.19. The van der Waals surface area contributed by atoms with E-state index >= 15 is 0 Å². The molecule has 0 atom stereocenters. The third-order valence-electron chi connectivity index (χ3n) is 3.55. The van der Waals surface area contributed by atoms with E-state index in [9.17, 15) is 4.79 Å². The summed E-state index contributed by atoms with van der Waals surface area (Å²) in [6.45, 7) is 0. The first kappa shape index (κ1) is 15.8. The van der Waals surface area contributed by atoms with Gasteiger partial charge in [0, 0.05) is 15.8 Å². The number of methoxy groups -OCH3 is 2. The third kappa shape index (κ3) is 2.90. The lowest BCUT2D eigenvalue weighted by Gasteiger charge is -2.08. The summed E-state index contributed by atoms with van der Waals surface area (Å²) in [4.78, 5) is 12.6. The van der Waals surface area contributed by atoms with Gasteiger partial charge in [0.2, 0.25) is 0 Å². The highest BCUT2D eigenvalue weighted by atomic mass is 32.1.